The van der Waals surface area contributed by atoms with E-state index in [1.54, 1.807) is 12.4 Å². The van der Waals surface area contributed by atoms with Crippen LogP contribution in [0.1, 0.15) is 19.3 Å². The summed E-state index contributed by atoms with van der Waals surface area (Å²) in [6, 6.07) is 3.30. The summed E-state index contributed by atoms with van der Waals surface area (Å²) in [6.45, 7) is 3.62. The molecule has 5 heterocycles. The van der Waals surface area contributed by atoms with Crippen LogP contribution in [0.25, 0.3) is 11.6 Å². The van der Waals surface area contributed by atoms with Crippen molar-refractivity contribution in [2.45, 2.75) is 19.3 Å². The average molecular weight is 368 g/mol. The molecule has 0 saturated carbocycles. The molecule has 2 saturated heterocycles. The zero-order valence-electron chi connectivity index (χ0n) is 14.8. The van der Waals surface area contributed by atoms with Crippen LogP contribution in [0.5, 0.6) is 0 Å². The van der Waals surface area contributed by atoms with Crippen molar-refractivity contribution in [2.75, 3.05) is 31.2 Å². The second-order valence-electron chi connectivity index (χ2n) is 7.19. The summed E-state index contributed by atoms with van der Waals surface area (Å²) in [5, 5.41) is 10.7. The number of piperidine rings is 1. The number of hydrogen-bond donors (Lipinski definition) is 1. The second-order valence-corrected chi connectivity index (χ2v) is 7.19. The van der Waals surface area contributed by atoms with E-state index < -0.39 is 0 Å². The lowest BCUT2D eigenvalue weighted by Crippen LogP contribution is -2.41. The molecular weight excluding hydrogens is 348 g/mol. The van der Waals surface area contributed by atoms with E-state index in [2.05, 4.69) is 30.3 Å². The van der Waals surface area contributed by atoms with Gasteiger partial charge in [0.25, 0.3) is 5.56 Å². The molecule has 3 aromatic heterocycles. The summed E-state index contributed by atoms with van der Waals surface area (Å²) in [5.74, 6) is 1.86. The van der Waals surface area contributed by atoms with Gasteiger partial charge in [-0.1, -0.05) is 5.21 Å². The van der Waals surface area contributed by atoms with Gasteiger partial charge in [0, 0.05) is 31.8 Å². The summed E-state index contributed by atoms with van der Waals surface area (Å²) in [4.78, 5) is 23.3. The third kappa shape index (κ3) is 2.91. The van der Waals surface area contributed by atoms with Gasteiger partial charge in [-0.2, -0.15) is 4.68 Å². The monoisotopic (exact) mass is 368 g/mol. The number of nitrogens with zero attached hydrogens (tertiary/aromatic N) is 7. The fourth-order valence-corrected chi connectivity index (χ4v) is 3.89. The fraction of sp³-hybridized carbons (Fsp3) is 0.471. The Morgan fingerprint density at radius 2 is 1.96 bits per heavy atom. The molecule has 10 heteroatoms. The van der Waals surface area contributed by atoms with Crippen molar-refractivity contribution in [3.8, 4) is 11.6 Å². The van der Waals surface area contributed by atoms with E-state index in [0.29, 0.717) is 17.1 Å². The maximum absolute atomic E-state index is 12.4. The molecular formula is C17H20N8O2. The van der Waals surface area contributed by atoms with E-state index in [-0.39, 0.29) is 5.56 Å². The van der Waals surface area contributed by atoms with E-state index in [0.717, 1.165) is 51.4 Å². The van der Waals surface area contributed by atoms with Crippen molar-refractivity contribution in [3.05, 3.63) is 41.2 Å². The third-order valence-electron chi connectivity index (χ3n) is 5.58. The van der Waals surface area contributed by atoms with Gasteiger partial charge in [0.2, 0.25) is 0 Å². The predicted molar refractivity (Wildman–Crippen MR) is 96.2 cm³/mol. The molecule has 140 valence electrons. The third-order valence-corrected chi connectivity index (χ3v) is 5.58. The van der Waals surface area contributed by atoms with Gasteiger partial charge in [0.1, 0.15) is 12.1 Å². The van der Waals surface area contributed by atoms with Crippen LogP contribution in [0.3, 0.4) is 0 Å². The van der Waals surface area contributed by atoms with Gasteiger partial charge in [-0.15, -0.1) is 5.10 Å². The number of rotatable bonds is 3. The van der Waals surface area contributed by atoms with Crippen LogP contribution >= 0.6 is 0 Å². The lowest BCUT2D eigenvalue weighted by atomic mass is 9.78. The molecule has 0 bridgehead atoms. The van der Waals surface area contributed by atoms with Crippen LogP contribution < -0.4 is 10.5 Å². The summed E-state index contributed by atoms with van der Waals surface area (Å²) in [6.07, 6.45) is 8.07. The Morgan fingerprint density at radius 1 is 1.11 bits per heavy atom. The van der Waals surface area contributed by atoms with Crippen molar-refractivity contribution >= 4 is 5.82 Å². The van der Waals surface area contributed by atoms with Crippen LogP contribution in [0.15, 0.2) is 35.6 Å². The lowest BCUT2D eigenvalue weighted by molar-refractivity contribution is 0.133. The highest BCUT2D eigenvalue weighted by Crippen LogP contribution is 2.39. The second kappa shape index (κ2) is 6.31. The first kappa shape index (κ1) is 16.2. The molecule has 5 rings (SSSR count). The molecule has 10 nitrogen and oxygen atoms in total. The van der Waals surface area contributed by atoms with E-state index in [1.165, 1.54) is 21.8 Å². The molecule has 2 aliphatic rings. The Morgan fingerprint density at radius 3 is 2.70 bits per heavy atom. The van der Waals surface area contributed by atoms with Gasteiger partial charge in [-0.25, -0.2) is 14.6 Å². The first-order valence-electron chi connectivity index (χ1n) is 9.06. The summed E-state index contributed by atoms with van der Waals surface area (Å²) >= 11 is 0. The van der Waals surface area contributed by atoms with Gasteiger partial charge in [-0.3, -0.25) is 9.89 Å². The molecule has 2 fully saturated rings. The fourth-order valence-electron chi connectivity index (χ4n) is 3.89. The van der Waals surface area contributed by atoms with Crippen LogP contribution in [0.2, 0.25) is 0 Å². The SMILES string of the molecule is O=c1cc(-n2ccnn2)[nH]n1-c1cc(N2CCC3(CCOC3)CC2)ncn1. The quantitative estimate of drug-likeness (QED) is 0.719. The molecule has 0 radical (unpaired) electrons. The zero-order valence-corrected chi connectivity index (χ0v) is 14.8. The van der Waals surface area contributed by atoms with Crippen molar-refractivity contribution < 1.29 is 4.74 Å². The van der Waals surface area contributed by atoms with Crippen molar-refractivity contribution in [1.29, 1.82) is 0 Å². The smallest absolute Gasteiger partial charge is 0.274 e. The van der Waals surface area contributed by atoms with Crippen molar-refractivity contribution in [3.63, 3.8) is 0 Å². The molecule has 0 amide bonds. The largest absolute Gasteiger partial charge is 0.381 e. The standard InChI is InChI=1S/C17H20N8O2/c26-16-10-15(24-7-4-20-22-24)21-25(16)14-9-13(18-12-19-14)23-5-1-17(2-6-23)3-8-27-11-17/h4,7,9-10,12,21H,1-3,5-6,8,11H2. The number of nitrogens with one attached hydrogen (secondary N) is 1. The minimum Gasteiger partial charge on any atom is -0.381 e. The number of H-pyrrole nitrogens is 1. The minimum absolute atomic E-state index is 0.217. The lowest BCUT2D eigenvalue weighted by Gasteiger charge is -2.38. The average Bonchev–Trinajstić information content (AvgIpc) is 3.44. The normalized spacial score (nSPS) is 19.0. The Kier molecular flexibility index (Phi) is 3.78. The highest BCUT2D eigenvalue weighted by Gasteiger charge is 2.38. The van der Waals surface area contributed by atoms with E-state index >= 15 is 0 Å². The molecule has 2 aliphatic heterocycles. The Balaban J connectivity index is 1.39. The Labute approximate surface area is 154 Å². The van der Waals surface area contributed by atoms with E-state index in [4.69, 9.17) is 4.74 Å². The van der Waals surface area contributed by atoms with Gasteiger partial charge in [0.15, 0.2) is 11.6 Å². The summed E-state index contributed by atoms with van der Waals surface area (Å²) < 4.78 is 8.49. The van der Waals surface area contributed by atoms with Crippen LogP contribution in [0.4, 0.5) is 5.82 Å². The van der Waals surface area contributed by atoms with Crippen LogP contribution in [-0.4, -0.2) is 61.0 Å². The van der Waals surface area contributed by atoms with E-state index in [9.17, 15) is 4.79 Å². The number of anilines is 1. The maximum Gasteiger partial charge on any atom is 0.274 e. The van der Waals surface area contributed by atoms with Gasteiger partial charge in [-0.05, 0) is 24.7 Å². The molecule has 0 atom stereocenters. The van der Waals surface area contributed by atoms with Crippen LogP contribution in [-0.2, 0) is 4.74 Å². The van der Waals surface area contributed by atoms with E-state index in [1.807, 2.05) is 6.07 Å². The minimum atomic E-state index is -0.217. The highest BCUT2D eigenvalue weighted by atomic mass is 16.5. The number of ether oxygens (including phenoxy) is 1. The molecule has 27 heavy (non-hydrogen) atoms. The van der Waals surface area contributed by atoms with Crippen LogP contribution in [0, 0.1) is 5.41 Å². The first-order valence-corrected chi connectivity index (χ1v) is 9.06. The van der Waals surface area contributed by atoms with Gasteiger partial charge >= 0.3 is 0 Å². The highest BCUT2D eigenvalue weighted by molar-refractivity contribution is 5.44. The molecule has 1 N–H and O–H groups in total. The number of aromatic amines is 1. The van der Waals surface area contributed by atoms with Gasteiger partial charge in [0.05, 0.1) is 19.0 Å². The molecule has 1 spiro atoms. The Hall–Kier alpha value is -3.01. The Bertz CT molecular complexity index is 977. The van der Waals surface area contributed by atoms with Crippen molar-refractivity contribution in [2.24, 2.45) is 5.41 Å². The van der Waals surface area contributed by atoms with Crippen molar-refractivity contribution in [1.82, 2.24) is 34.7 Å². The molecule has 0 unspecified atom stereocenters. The first-order chi connectivity index (χ1) is 13.2. The predicted octanol–water partition coefficient (Wildman–Crippen LogP) is 0.543. The molecule has 0 aromatic carbocycles. The maximum atomic E-state index is 12.4. The summed E-state index contributed by atoms with van der Waals surface area (Å²) in [7, 11) is 0. The summed E-state index contributed by atoms with van der Waals surface area (Å²) in [5.41, 5.74) is 0.126. The molecule has 0 aliphatic carbocycles. The van der Waals surface area contributed by atoms with Gasteiger partial charge < -0.3 is 9.64 Å². The topological polar surface area (TPSA) is 107 Å². The number of hydrogen-bond acceptors (Lipinski definition) is 7. The zero-order chi connectivity index (χ0) is 18.3. The number of aromatic nitrogens is 7. The molecule has 3 aromatic rings.